The first-order valence-electron chi connectivity index (χ1n) is 5.48. The van der Waals surface area contributed by atoms with Gasteiger partial charge in [0.05, 0.1) is 5.52 Å². The predicted octanol–water partition coefficient (Wildman–Crippen LogP) is 1.32. The third-order valence-electron chi connectivity index (χ3n) is 2.56. The Kier molecular flexibility index (Phi) is 2.33. The van der Waals surface area contributed by atoms with Gasteiger partial charge in [0.15, 0.2) is 11.5 Å². The first-order chi connectivity index (χ1) is 8.72. The highest BCUT2D eigenvalue weighted by molar-refractivity contribution is 6.03. The lowest BCUT2D eigenvalue weighted by atomic mass is 10.3. The molecule has 0 fully saturated rings. The highest BCUT2D eigenvalue weighted by Gasteiger charge is 2.11. The molecule has 0 atom stereocenters. The fourth-order valence-corrected chi connectivity index (χ4v) is 1.71. The van der Waals surface area contributed by atoms with Crippen molar-refractivity contribution in [3.8, 4) is 0 Å². The molecule has 0 bridgehead atoms. The van der Waals surface area contributed by atoms with Crippen molar-refractivity contribution in [3.05, 3.63) is 48.4 Å². The molecule has 1 amide bonds. The summed E-state index contributed by atoms with van der Waals surface area (Å²) in [5.41, 5.74) is 1.25. The summed E-state index contributed by atoms with van der Waals surface area (Å²) in [6.45, 7) is 0. The Labute approximate surface area is 103 Å². The van der Waals surface area contributed by atoms with Gasteiger partial charge in [0.1, 0.15) is 0 Å². The van der Waals surface area contributed by atoms with Crippen LogP contribution in [0.5, 0.6) is 0 Å². The SMILES string of the molecule is Cn1ccc(NC(=O)c2cc3ccccn3n2)n1. The quantitative estimate of drug-likeness (QED) is 0.736. The van der Waals surface area contributed by atoms with E-state index in [-0.39, 0.29) is 5.91 Å². The number of aryl methyl sites for hydroxylation is 1. The summed E-state index contributed by atoms with van der Waals surface area (Å²) in [5, 5.41) is 11.0. The van der Waals surface area contributed by atoms with Crippen LogP contribution < -0.4 is 5.32 Å². The van der Waals surface area contributed by atoms with Gasteiger partial charge in [0, 0.05) is 25.5 Å². The van der Waals surface area contributed by atoms with Gasteiger partial charge in [-0.3, -0.25) is 9.48 Å². The maximum Gasteiger partial charge on any atom is 0.277 e. The van der Waals surface area contributed by atoms with Crippen LogP contribution in [0.15, 0.2) is 42.7 Å². The molecule has 1 N–H and O–H groups in total. The average Bonchev–Trinajstić information content (AvgIpc) is 2.95. The molecule has 0 saturated carbocycles. The second-order valence-electron chi connectivity index (χ2n) is 3.93. The van der Waals surface area contributed by atoms with Crippen LogP contribution in [0.2, 0.25) is 0 Å². The number of nitrogens with zero attached hydrogens (tertiary/aromatic N) is 4. The Morgan fingerprint density at radius 2 is 2.11 bits per heavy atom. The van der Waals surface area contributed by atoms with Crippen molar-refractivity contribution in [2.75, 3.05) is 5.32 Å². The molecule has 0 spiro atoms. The van der Waals surface area contributed by atoms with E-state index in [0.717, 1.165) is 5.52 Å². The molecule has 0 saturated heterocycles. The number of hydrogen-bond acceptors (Lipinski definition) is 3. The van der Waals surface area contributed by atoms with E-state index in [1.807, 2.05) is 18.2 Å². The number of amides is 1. The van der Waals surface area contributed by atoms with Crippen LogP contribution in [0.1, 0.15) is 10.5 Å². The average molecular weight is 241 g/mol. The Balaban J connectivity index is 1.87. The molecule has 3 aromatic rings. The van der Waals surface area contributed by atoms with Crippen LogP contribution in [0.25, 0.3) is 5.52 Å². The van der Waals surface area contributed by atoms with Gasteiger partial charge in [0.2, 0.25) is 0 Å². The van der Waals surface area contributed by atoms with Crippen LogP contribution in [0, 0.1) is 0 Å². The topological polar surface area (TPSA) is 64.2 Å². The van der Waals surface area contributed by atoms with Gasteiger partial charge < -0.3 is 5.32 Å². The zero-order chi connectivity index (χ0) is 12.5. The third-order valence-corrected chi connectivity index (χ3v) is 2.56. The van der Waals surface area contributed by atoms with Crippen molar-refractivity contribution >= 4 is 17.2 Å². The number of carbonyl (C=O) groups is 1. The fourth-order valence-electron chi connectivity index (χ4n) is 1.71. The standard InChI is InChI=1S/C12H11N5O/c1-16-7-5-11(15-16)13-12(18)10-8-9-4-2-3-6-17(9)14-10/h2-8H,1H3,(H,13,15,18). The van der Waals surface area contributed by atoms with Gasteiger partial charge in [-0.15, -0.1) is 0 Å². The van der Waals surface area contributed by atoms with E-state index in [9.17, 15) is 4.79 Å². The van der Waals surface area contributed by atoms with Gasteiger partial charge in [0.25, 0.3) is 5.91 Å². The summed E-state index contributed by atoms with van der Waals surface area (Å²) in [6.07, 6.45) is 3.56. The molecule has 6 nitrogen and oxygen atoms in total. The number of rotatable bonds is 2. The second-order valence-corrected chi connectivity index (χ2v) is 3.93. The Morgan fingerprint density at radius 1 is 1.22 bits per heavy atom. The highest BCUT2D eigenvalue weighted by atomic mass is 16.2. The minimum Gasteiger partial charge on any atom is -0.304 e. The van der Waals surface area contributed by atoms with Crippen molar-refractivity contribution < 1.29 is 4.79 Å². The van der Waals surface area contributed by atoms with Crippen LogP contribution in [0.4, 0.5) is 5.82 Å². The maximum atomic E-state index is 12.0. The Morgan fingerprint density at radius 3 is 2.83 bits per heavy atom. The van der Waals surface area contributed by atoms with Crippen LogP contribution in [0.3, 0.4) is 0 Å². The molecule has 90 valence electrons. The molecule has 3 aromatic heterocycles. The lowest BCUT2D eigenvalue weighted by Crippen LogP contribution is -2.13. The number of anilines is 1. The number of nitrogens with one attached hydrogen (secondary N) is 1. The van der Waals surface area contributed by atoms with E-state index < -0.39 is 0 Å². The molecule has 0 aliphatic rings. The van der Waals surface area contributed by atoms with Crippen LogP contribution >= 0.6 is 0 Å². The molecule has 0 unspecified atom stereocenters. The van der Waals surface area contributed by atoms with E-state index in [4.69, 9.17) is 0 Å². The Bertz CT molecular complexity index is 679. The summed E-state index contributed by atoms with van der Waals surface area (Å²) in [5.74, 6) is 0.247. The van der Waals surface area contributed by atoms with Crippen molar-refractivity contribution in [1.82, 2.24) is 19.4 Å². The number of pyridine rings is 1. The molecule has 18 heavy (non-hydrogen) atoms. The molecular formula is C12H11N5O. The van der Waals surface area contributed by atoms with E-state index in [0.29, 0.717) is 11.5 Å². The molecule has 0 radical (unpaired) electrons. The molecule has 0 aliphatic heterocycles. The lowest BCUT2D eigenvalue weighted by molar-refractivity contribution is 0.102. The maximum absolute atomic E-state index is 12.0. The summed E-state index contributed by atoms with van der Waals surface area (Å²) in [6, 6.07) is 9.12. The van der Waals surface area contributed by atoms with Crippen LogP contribution in [-0.4, -0.2) is 25.3 Å². The second kappa shape index (κ2) is 3.99. The van der Waals surface area contributed by atoms with Gasteiger partial charge in [-0.2, -0.15) is 10.2 Å². The van der Waals surface area contributed by atoms with E-state index >= 15 is 0 Å². The minimum atomic E-state index is -0.266. The van der Waals surface area contributed by atoms with Crippen molar-refractivity contribution in [2.45, 2.75) is 0 Å². The zero-order valence-electron chi connectivity index (χ0n) is 9.74. The molecule has 3 heterocycles. The van der Waals surface area contributed by atoms with E-state index in [1.54, 1.807) is 40.8 Å². The van der Waals surface area contributed by atoms with E-state index in [1.165, 1.54) is 0 Å². The lowest BCUT2D eigenvalue weighted by Gasteiger charge is -1.97. The monoisotopic (exact) mass is 241 g/mol. The first kappa shape index (κ1) is 10.5. The molecule has 0 aliphatic carbocycles. The number of aromatic nitrogens is 4. The molecule has 6 heteroatoms. The number of hydrogen-bond donors (Lipinski definition) is 1. The summed E-state index contributed by atoms with van der Waals surface area (Å²) >= 11 is 0. The van der Waals surface area contributed by atoms with Gasteiger partial charge in [-0.25, -0.2) is 4.52 Å². The summed E-state index contributed by atoms with van der Waals surface area (Å²) in [4.78, 5) is 12.0. The minimum absolute atomic E-state index is 0.266. The predicted molar refractivity (Wildman–Crippen MR) is 66.4 cm³/mol. The third kappa shape index (κ3) is 1.84. The summed E-state index contributed by atoms with van der Waals surface area (Å²) in [7, 11) is 1.79. The zero-order valence-corrected chi connectivity index (χ0v) is 9.74. The van der Waals surface area contributed by atoms with Gasteiger partial charge in [-0.1, -0.05) is 6.07 Å². The van der Waals surface area contributed by atoms with Crippen LogP contribution in [-0.2, 0) is 7.05 Å². The largest absolute Gasteiger partial charge is 0.304 e. The smallest absolute Gasteiger partial charge is 0.277 e. The van der Waals surface area contributed by atoms with Gasteiger partial charge >= 0.3 is 0 Å². The van der Waals surface area contributed by atoms with Crippen molar-refractivity contribution in [2.24, 2.45) is 7.05 Å². The highest BCUT2D eigenvalue weighted by Crippen LogP contribution is 2.08. The number of carbonyl (C=O) groups excluding carboxylic acids is 1. The Hall–Kier alpha value is -2.63. The fraction of sp³-hybridized carbons (Fsp3) is 0.0833. The van der Waals surface area contributed by atoms with Crippen molar-refractivity contribution in [1.29, 1.82) is 0 Å². The van der Waals surface area contributed by atoms with E-state index in [2.05, 4.69) is 15.5 Å². The molecule has 3 rings (SSSR count). The van der Waals surface area contributed by atoms with Crippen molar-refractivity contribution in [3.63, 3.8) is 0 Å². The normalized spacial score (nSPS) is 10.7. The molecular weight excluding hydrogens is 230 g/mol. The van der Waals surface area contributed by atoms with Gasteiger partial charge in [-0.05, 0) is 18.2 Å². The summed E-state index contributed by atoms with van der Waals surface area (Å²) < 4.78 is 3.28. The number of fused-ring (bicyclic) bond motifs is 1. The first-order valence-corrected chi connectivity index (χ1v) is 5.48. The molecule has 0 aromatic carbocycles.